The normalized spacial score (nSPS) is 22.7. The van der Waals surface area contributed by atoms with Gasteiger partial charge >= 0.3 is 5.97 Å². The van der Waals surface area contributed by atoms with Crippen molar-refractivity contribution in [1.82, 2.24) is 9.97 Å². The van der Waals surface area contributed by atoms with E-state index in [4.69, 9.17) is 9.47 Å². The molecule has 5 nitrogen and oxygen atoms in total. The van der Waals surface area contributed by atoms with E-state index in [9.17, 15) is 4.79 Å². The van der Waals surface area contributed by atoms with Gasteiger partial charge in [0.2, 0.25) is 5.88 Å². The van der Waals surface area contributed by atoms with Crippen LogP contribution in [0.15, 0.2) is 17.0 Å². The molecule has 17 heavy (non-hydrogen) atoms. The topological polar surface area (TPSA) is 61.3 Å². The smallest absolute Gasteiger partial charge is 0.309 e. The van der Waals surface area contributed by atoms with E-state index in [0.717, 1.165) is 0 Å². The Morgan fingerprint density at radius 2 is 2.24 bits per heavy atom. The van der Waals surface area contributed by atoms with E-state index in [0.29, 0.717) is 29.9 Å². The van der Waals surface area contributed by atoms with Crippen molar-refractivity contribution in [3.8, 4) is 5.88 Å². The minimum Gasteiger partial charge on any atom is -0.473 e. The average molecular weight is 301 g/mol. The molecule has 0 aliphatic heterocycles. The summed E-state index contributed by atoms with van der Waals surface area (Å²) in [6.07, 6.45) is 4.56. The molecule has 0 radical (unpaired) electrons. The number of rotatable bonds is 4. The molecule has 0 bridgehead atoms. The molecule has 1 saturated carbocycles. The first-order chi connectivity index (χ1) is 8.19. The van der Waals surface area contributed by atoms with Crippen molar-refractivity contribution in [3.05, 3.63) is 17.0 Å². The molecule has 92 valence electrons. The maximum absolute atomic E-state index is 11.4. The third-order valence-corrected chi connectivity index (χ3v) is 3.01. The largest absolute Gasteiger partial charge is 0.473 e. The Morgan fingerprint density at radius 1 is 1.47 bits per heavy atom. The quantitative estimate of drug-likeness (QED) is 0.796. The maximum Gasteiger partial charge on any atom is 0.309 e. The molecule has 1 aliphatic rings. The summed E-state index contributed by atoms with van der Waals surface area (Å²) < 4.78 is 11.2. The Labute approximate surface area is 108 Å². The molecular weight excluding hydrogens is 288 g/mol. The number of hydrogen-bond acceptors (Lipinski definition) is 5. The van der Waals surface area contributed by atoms with Crippen LogP contribution in [0.1, 0.15) is 19.8 Å². The Balaban J connectivity index is 1.77. The molecule has 0 atom stereocenters. The standard InChI is InChI=1S/C11H13BrN2O3/c1-2-16-11(15)7-3-8(4-7)17-10-6-13-9(12)5-14-10/h5-8H,2-4H2,1H3. The monoisotopic (exact) mass is 300 g/mol. The van der Waals surface area contributed by atoms with E-state index < -0.39 is 0 Å². The van der Waals surface area contributed by atoms with Crippen LogP contribution in [0.3, 0.4) is 0 Å². The van der Waals surface area contributed by atoms with Gasteiger partial charge in [0.15, 0.2) is 0 Å². The van der Waals surface area contributed by atoms with E-state index in [-0.39, 0.29) is 18.0 Å². The van der Waals surface area contributed by atoms with Crippen molar-refractivity contribution in [3.63, 3.8) is 0 Å². The second-order valence-electron chi connectivity index (χ2n) is 3.84. The molecule has 0 amide bonds. The van der Waals surface area contributed by atoms with Gasteiger partial charge in [0.05, 0.1) is 24.9 Å². The van der Waals surface area contributed by atoms with Crippen molar-refractivity contribution in [1.29, 1.82) is 0 Å². The number of carbonyl (C=O) groups is 1. The fourth-order valence-corrected chi connectivity index (χ4v) is 1.85. The van der Waals surface area contributed by atoms with Crippen molar-refractivity contribution in [2.75, 3.05) is 6.61 Å². The van der Waals surface area contributed by atoms with Crippen molar-refractivity contribution in [2.45, 2.75) is 25.9 Å². The van der Waals surface area contributed by atoms with Crippen LogP contribution in [0, 0.1) is 5.92 Å². The van der Waals surface area contributed by atoms with Gasteiger partial charge in [0.1, 0.15) is 10.7 Å². The highest BCUT2D eigenvalue weighted by Crippen LogP contribution is 2.31. The fraction of sp³-hybridized carbons (Fsp3) is 0.545. The first kappa shape index (κ1) is 12.3. The van der Waals surface area contributed by atoms with Crippen LogP contribution >= 0.6 is 15.9 Å². The van der Waals surface area contributed by atoms with Gasteiger partial charge in [-0.25, -0.2) is 9.97 Å². The van der Waals surface area contributed by atoms with Crippen molar-refractivity contribution < 1.29 is 14.3 Å². The number of hydrogen-bond donors (Lipinski definition) is 0. The average Bonchev–Trinajstić information content (AvgIpc) is 2.25. The highest BCUT2D eigenvalue weighted by Gasteiger charge is 2.37. The van der Waals surface area contributed by atoms with Crippen LogP contribution in [0.25, 0.3) is 0 Å². The van der Waals surface area contributed by atoms with Crippen LogP contribution < -0.4 is 4.74 Å². The first-order valence-electron chi connectivity index (χ1n) is 5.50. The molecule has 0 N–H and O–H groups in total. The lowest BCUT2D eigenvalue weighted by molar-refractivity contribution is -0.154. The summed E-state index contributed by atoms with van der Waals surface area (Å²) in [5, 5.41) is 0. The summed E-state index contributed by atoms with van der Waals surface area (Å²) in [5.74, 6) is 0.332. The van der Waals surface area contributed by atoms with Crippen LogP contribution in [0.5, 0.6) is 5.88 Å². The third kappa shape index (κ3) is 3.15. The lowest BCUT2D eigenvalue weighted by atomic mass is 9.82. The zero-order valence-corrected chi connectivity index (χ0v) is 11.0. The summed E-state index contributed by atoms with van der Waals surface area (Å²) in [5.41, 5.74) is 0. The van der Waals surface area contributed by atoms with Gasteiger partial charge in [-0.2, -0.15) is 0 Å². The minimum atomic E-state index is -0.130. The fourth-order valence-electron chi connectivity index (χ4n) is 1.65. The first-order valence-corrected chi connectivity index (χ1v) is 6.29. The number of halogens is 1. The van der Waals surface area contributed by atoms with Gasteiger partial charge in [-0.05, 0) is 35.7 Å². The summed E-state index contributed by atoms with van der Waals surface area (Å²) >= 11 is 3.20. The number of aromatic nitrogens is 2. The summed E-state index contributed by atoms with van der Waals surface area (Å²) in [7, 11) is 0. The predicted octanol–water partition coefficient (Wildman–Crippen LogP) is 1.96. The van der Waals surface area contributed by atoms with Crippen LogP contribution in [-0.4, -0.2) is 28.6 Å². The molecule has 6 heteroatoms. The maximum atomic E-state index is 11.4. The third-order valence-electron chi connectivity index (χ3n) is 2.60. The second-order valence-corrected chi connectivity index (χ2v) is 4.65. The van der Waals surface area contributed by atoms with Crippen molar-refractivity contribution in [2.24, 2.45) is 5.92 Å². The van der Waals surface area contributed by atoms with Crippen LogP contribution in [0.2, 0.25) is 0 Å². The van der Waals surface area contributed by atoms with Crippen LogP contribution in [-0.2, 0) is 9.53 Å². The van der Waals surface area contributed by atoms with Gasteiger partial charge in [-0.15, -0.1) is 0 Å². The lowest BCUT2D eigenvalue weighted by Gasteiger charge is -2.32. The van der Waals surface area contributed by atoms with Gasteiger partial charge in [0, 0.05) is 0 Å². The highest BCUT2D eigenvalue weighted by molar-refractivity contribution is 9.10. The summed E-state index contributed by atoms with van der Waals surface area (Å²) in [4.78, 5) is 19.4. The second kappa shape index (κ2) is 5.44. The predicted molar refractivity (Wildman–Crippen MR) is 63.5 cm³/mol. The minimum absolute atomic E-state index is 0.0247. The number of carbonyl (C=O) groups excluding carboxylic acids is 1. The molecule has 1 aromatic rings. The highest BCUT2D eigenvalue weighted by atomic mass is 79.9. The molecule has 0 spiro atoms. The summed E-state index contributed by atoms with van der Waals surface area (Å²) in [6.45, 7) is 2.24. The molecule has 2 rings (SSSR count). The number of ether oxygens (including phenoxy) is 2. The zero-order valence-electron chi connectivity index (χ0n) is 9.43. The van der Waals surface area contributed by atoms with E-state index in [1.807, 2.05) is 6.92 Å². The van der Waals surface area contributed by atoms with E-state index in [1.54, 1.807) is 12.4 Å². The van der Waals surface area contributed by atoms with Gasteiger partial charge in [0.25, 0.3) is 0 Å². The Bertz CT molecular complexity index is 390. The summed E-state index contributed by atoms with van der Waals surface area (Å²) in [6, 6.07) is 0. The van der Waals surface area contributed by atoms with Crippen LogP contribution in [0.4, 0.5) is 0 Å². The molecule has 1 heterocycles. The Morgan fingerprint density at radius 3 is 2.82 bits per heavy atom. The molecule has 0 saturated heterocycles. The molecule has 1 aliphatic carbocycles. The molecule has 0 aromatic carbocycles. The van der Waals surface area contributed by atoms with Crippen molar-refractivity contribution >= 4 is 21.9 Å². The Hall–Kier alpha value is -1.17. The Kier molecular flexibility index (Phi) is 3.93. The van der Waals surface area contributed by atoms with E-state index >= 15 is 0 Å². The molecule has 0 unspecified atom stereocenters. The SMILES string of the molecule is CCOC(=O)C1CC(Oc2cnc(Br)cn2)C1. The van der Waals surface area contributed by atoms with E-state index in [2.05, 4.69) is 25.9 Å². The molecular formula is C11H13BrN2O3. The number of nitrogens with zero attached hydrogens (tertiary/aromatic N) is 2. The van der Waals surface area contributed by atoms with Gasteiger partial charge in [-0.3, -0.25) is 4.79 Å². The molecule has 1 fully saturated rings. The van der Waals surface area contributed by atoms with Gasteiger partial charge in [-0.1, -0.05) is 0 Å². The molecule has 1 aromatic heterocycles. The van der Waals surface area contributed by atoms with Gasteiger partial charge < -0.3 is 9.47 Å². The zero-order chi connectivity index (χ0) is 12.3. The number of esters is 1. The lowest BCUT2D eigenvalue weighted by Crippen LogP contribution is -2.39. The van der Waals surface area contributed by atoms with E-state index in [1.165, 1.54) is 0 Å².